The molecule has 1 N–H and O–H groups in total. The molecule has 2 heterocycles. The number of para-hydroxylation sites is 1. The maximum Gasteiger partial charge on any atom is 0.232 e. The molecule has 0 bridgehead atoms. The van der Waals surface area contributed by atoms with Gasteiger partial charge in [-0.1, -0.05) is 18.2 Å². The van der Waals surface area contributed by atoms with E-state index in [2.05, 4.69) is 15.3 Å². The number of hydrogen-bond donors (Lipinski definition) is 1. The molecule has 23 heavy (non-hydrogen) atoms. The molecular formula is C17H18N4O2. The summed E-state index contributed by atoms with van der Waals surface area (Å²) in [4.78, 5) is 34.6. The number of nitrogens with zero attached hydrogens (tertiary/aromatic N) is 3. The Kier molecular flexibility index (Phi) is 4.06. The first-order valence-electron chi connectivity index (χ1n) is 7.51. The fraction of sp³-hybridized carbons (Fsp3) is 0.294. The van der Waals surface area contributed by atoms with Crippen LogP contribution in [0.4, 0.5) is 11.6 Å². The van der Waals surface area contributed by atoms with Gasteiger partial charge in [0, 0.05) is 30.0 Å². The van der Waals surface area contributed by atoms with Crippen LogP contribution in [0.15, 0.2) is 36.4 Å². The van der Waals surface area contributed by atoms with E-state index in [1.165, 1.54) is 0 Å². The molecule has 6 nitrogen and oxygen atoms in total. The second-order valence-corrected chi connectivity index (χ2v) is 5.70. The molecule has 0 saturated carbocycles. The minimum absolute atomic E-state index is 0.0438. The van der Waals surface area contributed by atoms with Gasteiger partial charge in [0.15, 0.2) is 0 Å². The van der Waals surface area contributed by atoms with Crippen LogP contribution in [0.2, 0.25) is 0 Å². The highest BCUT2D eigenvalue weighted by Crippen LogP contribution is 2.25. The largest absolute Gasteiger partial charge is 0.312 e. The molecule has 3 rings (SSSR count). The monoisotopic (exact) mass is 310 g/mol. The first-order chi connectivity index (χ1) is 11.0. The summed E-state index contributed by atoms with van der Waals surface area (Å²) in [6, 6.07) is 11.2. The number of anilines is 2. The molecule has 2 amide bonds. The lowest BCUT2D eigenvalue weighted by atomic mass is 10.1. The van der Waals surface area contributed by atoms with Crippen LogP contribution in [0.25, 0.3) is 0 Å². The molecule has 0 radical (unpaired) electrons. The molecule has 1 aromatic carbocycles. The molecule has 6 heteroatoms. The number of carbonyl (C=O) groups excluding carboxylic acids is 2. The molecule has 1 atom stereocenters. The average Bonchev–Trinajstić information content (AvgIpc) is 2.89. The van der Waals surface area contributed by atoms with E-state index in [0.717, 1.165) is 17.1 Å². The van der Waals surface area contributed by atoms with Gasteiger partial charge in [-0.15, -0.1) is 0 Å². The summed E-state index contributed by atoms with van der Waals surface area (Å²) in [7, 11) is 0. The Bertz CT molecular complexity index is 725. The van der Waals surface area contributed by atoms with Gasteiger partial charge in [-0.2, -0.15) is 0 Å². The van der Waals surface area contributed by atoms with E-state index in [1.54, 1.807) is 4.90 Å². The van der Waals surface area contributed by atoms with Crippen LogP contribution in [0.1, 0.15) is 17.8 Å². The number of benzene rings is 1. The van der Waals surface area contributed by atoms with Crippen LogP contribution in [0.3, 0.4) is 0 Å². The van der Waals surface area contributed by atoms with Crippen LogP contribution in [0.5, 0.6) is 0 Å². The number of aryl methyl sites for hydroxylation is 2. The predicted octanol–water partition coefficient (Wildman–Crippen LogP) is 2.09. The lowest BCUT2D eigenvalue weighted by Gasteiger charge is -2.16. The number of carbonyl (C=O) groups is 2. The van der Waals surface area contributed by atoms with Crippen LogP contribution in [-0.4, -0.2) is 28.3 Å². The van der Waals surface area contributed by atoms with Gasteiger partial charge < -0.3 is 4.90 Å². The zero-order valence-electron chi connectivity index (χ0n) is 13.1. The van der Waals surface area contributed by atoms with Gasteiger partial charge in [-0.25, -0.2) is 9.97 Å². The van der Waals surface area contributed by atoms with E-state index in [1.807, 2.05) is 50.2 Å². The van der Waals surface area contributed by atoms with Crippen molar-refractivity contribution in [3.05, 3.63) is 47.8 Å². The summed E-state index contributed by atoms with van der Waals surface area (Å²) in [5.74, 6) is -0.371. The summed E-state index contributed by atoms with van der Waals surface area (Å²) < 4.78 is 0. The zero-order valence-corrected chi connectivity index (χ0v) is 13.1. The number of amides is 2. The summed E-state index contributed by atoms with van der Waals surface area (Å²) in [5, 5.41) is 2.72. The van der Waals surface area contributed by atoms with Crippen molar-refractivity contribution in [3.8, 4) is 0 Å². The molecule has 1 unspecified atom stereocenters. The van der Waals surface area contributed by atoms with Gasteiger partial charge in [0.05, 0.1) is 5.92 Å². The van der Waals surface area contributed by atoms with Crippen molar-refractivity contribution < 1.29 is 9.59 Å². The lowest BCUT2D eigenvalue weighted by Crippen LogP contribution is -2.28. The molecule has 118 valence electrons. The molecule has 2 aromatic rings. The van der Waals surface area contributed by atoms with E-state index in [4.69, 9.17) is 0 Å². The third-order valence-electron chi connectivity index (χ3n) is 3.78. The average molecular weight is 310 g/mol. The summed E-state index contributed by atoms with van der Waals surface area (Å²) >= 11 is 0. The third kappa shape index (κ3) is 3.36. The van der Waals surface area contributed by atoms with Crippen LogP contribution >= 0.6 is 0 Å². The molecule has 1 aromatic heterocycles. The van der Waals surface area contributed by atoms with E-state index in [9.17, 15) is 9.59 Å². The van der Waals surface area contributed by atoms with Gasteiger partial charge in [-0.05, 0) is 32.0 Å². The Hall–Kier alpha value is -2.76. The quantitative estimate of drug-likeness (QED) is 0.942. The number of rotatable bonds is 3. The second kappa shape index (κ2) is 6.16. The smallest absolute Gasteiger partial charge is 0.232 e. The maximum absolute atomic E-state index is 12.4. The van der Waals surface area contributed by atoms with Crippen LogP contribution < -0.4 is 10.2 Å². The number of hydrogen-bond acceptors (Lipinski definition) is 4. The minimum atomic E-state index is -0.396. The van der Waals surface area contributed by atoms with Crippen molar-refractivity contribution in [2.75, 3.05) is 16.8 Å². The molecule has 1 saturated heterocycles. The topological polar surface area (TPSA) is 75.2 Å². The summed E-state index contributed by atoms with van der Waals surface area (Å²) in [6.45, 7) is 4.07. The standard InChI is InChI=1S/C17H18N4O2/c1-11-8-12(2)19-17(18-11)20-16(23)13-9-15(22)21(10-13)14-6-4-3-5-7-14/h3-8,13H,9-10H2,1-2H3,(H,18,19,20,23). The normalized spacial score (nSPS) is 17.4. The van der Waals surface area contributed by atoms with Crippen molar-refractivity contribution in [1.82, 2.24) is 9.97 Å². The van der Waals surface area contributed by atoms with Gasteiger partial charge in [0.1, 0.15) is 0 Å². The van der Waals surface area contributed by atoms with Gasteiger partial charge in [-0.3, -0.25) is 14.9 Å². The predicted molar refractivity (Wildman–Crippen MR) is 87.0 cm³/mol. The Morgan fingerprint density at radius 1 is 1.17 bits per heavy atom. The first kappa shape index (κ1) is 15.1. The van der Waals surface area contributed by atoms with Crippen LogP contribution in [0, 0.1) is 19.8 Å². The fourth-order valence-corrected chi connectivity index (χ4v) is 2.73. The second-order valence-electron chi connectivity index (χ2n) is 5.70. The number of nitrogens with one attached hydrogen (secondary N) is 1. The molecule has 0 aliphatic carbocycles. The van der Waals surface area contributed by atoms with E-state index < -0.39 is 5.92 Å². The molecule has 1 aliphatic rings. The van der Waals surface area contributed by atoms with Gasteiger partial charge in [0.2, 0.25) is 17.8 Å². The SMILES string of the molecule is Cc1cc(C)nc(NC(=O)C2CC(=O)N(c3ccccc3)C2)n1. The van der Waals surface area contributed by atoms with Crippen molar-refractivity contribution >= 4 is 23.5 Å². The highest BCUT2D eigenvalue weighted by atomic mass is 16.2. The van der Waals surface area contributed by atoms with Gasteiger partial charge in [0.25, 0.3) is 0 Å². The van der Waals surface area contributed by atoms with Crippen molar-refractivity contribution in [2.24, 2.45) is 5.92 Å². The Morgan fingerprint density at radius 3 is 2.48 bits per heavy atom. The molecular weight excluding hydrogens is 292 g/mol. The summed E-state index contributed by atoms with van der Waals surface area (Å²) in [5.41, 5.74) is 2.40. The molecule has 0 spiro atoms. The third-order valence-corrected chi connectivity index (χ3v) is 3.78. The van der Waals surface area contributed by atoms with E-state index in [0.29, 0.717) is 6.54 Å². The highest BCUT2D eigenvalue weighted by Gasteiger charge is 2.35. The Morgan fingerprint density at radius 2 is 1.83 bits per heavy atom. The lowest BCUT2D eigenvalue weighted by molar-refractivity contribution is -0.122. The van der Waals surface area contributed by atoms with E-state index in [-0.39, 0.29) is 24.2 Å². The minimum Gasteiger partial charge on any atom is -0.312 e. The molecule has 1 aliphatic heterocycles. The van der Waals surface area contributed by atoms with Crippen LogP contribution in [-0.2, 0) is 9.59 Å². The van der Waals surface area contributed by atoms with Crippen molar-refractivity contribution in [1.29, 1.82) is 0 Å². The fourth-order valence-electron chi connectivity index (χ4n) is 2.73. The highest BCUT2D eigenvalue weighted by molar-refractivity contribution is 6.03. The first-order valence-corrected chi connectivity index (χ1v) is 7.51. The zero-order chi connectivity index (χ0) is 16.4. The molecule has 1 fully saturated rings. The maximum atomic E-state index is 12.4. The van der Waals surface area contributed by atoms with Gasteiger partial charge >= 0.3 is 0 Å². The Labute approximate surface area is 134 Å². The number of aromatic nitrogens is 2. The van der Waals surface area contributed by atoms with Crippen molar-refractivity contribution in [2.45, 2.75) is 20.3 Å². The van der Waals surface area contributed by atoms with Crippen molar-refractivity contribution in [3.63, 3.8) is 0 Å². The van der Waals surface area contributed by atoms with E-state index >= 15 is 0 Å². The Balaban J connectivity index is 1.70. The summed E-state index contributed by atoms with van der Waals surface area (Å²) in [6.07, 6.45) is 0.200.